The van der Waals surface area contributed by atoms with E-state index in [0.717, 1.165) is 5.69 Å². The zero-order valence-electron chi connectivity index (χ0n) is 7.57. The van der Waals surface area contributed by atoms with Crippen molar-refractivity contribution in [2.45, 2.75) is 6.42 Å². The lowest BCUT2D eigenvalue weighted by Gasteiger charge is -1.90. The maximum atomic E-state index is 10.7. The first-order valence-electron chi connectivity index (χ1n) is 3.77. The van der Waals surface area contributed by atoms with Gasteiger partial charge in [-0.05, 0) is 12.0 Å². The third kappa shape index (κ3) is 2.64. The number of aromatic nitrogens is 2. The van der Waals surface area contributed by atoms with E-state index in [1.807, 2.05) is 0 Å². The van der Waals surface area contributed by atoms with Gasteiger partial charge in [-0.3, -0.25) is 9.48 Å². The number of aryl methyl sites for hydroxylation is 1. The van der Waals surface area contributed by atoms with Crippen LogP contribution in [0.25, 0.3) is 0 Å². The summed E-state index contributed by atoms with van der Waals surface area (Å²) >= 11 is 0. The number of hydrogen-bond donors (Lipinski definition) is 0. The Morgan fingerprint density at radius 3 is 3.08 bits per heavy atom. The summed E-state index contributed by atoms with van der Waals surface area (Å²) in [5.74, 6) is 5.18. The van der Waals surface area contributed by atoms with Gasteiger partial charge in [0, 0.05) is 7.05 Å². The normalized spacial score (nSPS) is 8.77. The molecule has 0 N–H and O–H groups in total. The van der Waals surface area contributed by atoms with Crippen molar-refractivity contribution in [2.75, 3.05) is 7.11 Å². The molecule has 0 aliphatic rings. The van der Waals surface area contributed by atoms with E-state index in [1.54, 1.807) is 24.0 Å². The quantitative estimate of drug-likeness (QED) is 0.460. The van der Waals surface area contributed by atoms with Crippen LogP contribution in [0.15, 0.2) is 12.3 Å². The number of methoxy groups -OCH3 is 1. The van der Waals surface area contributed by atoms with Gasteiger partial charge >= 0.3 is 5.97 Å². The molecule has 0 aliphatic heterocycles. The number of carbonyl (C=O) groups excluding carboxylic acids is 1. The third-order valence-electron chi connectivity index (χ3n) is 1.50. The molecule has 0 unspecified atom stereocenters. The summed E-state index contributed by atoms with van der Waals surface area (Å²) in [4.78, 5) is 10.7. The number of rotatable bonds is 1. The molecule has 4 heteroatoms. The first kappa shape index (κ1) is 9.33. The largest absolute Gasteiger partial charge is 0.468 e. The third-order valence-corrected chi connectivity index (χ3v) is 1.50. The Hall–Kier alpha value is -1.76. The molecule has 68 valence electrons. The highest BCUT2D eigenvalue weighted by Gasteiger charge is 1.95. The molecular formula is C9H10N2O2. The lowest BCUT2D eigenvalue weighted by atomic mass is 10.4. The van der Waals surface area contributed by atoms with E-state index in [-0.39, 0.29) is 12.4 Å². The van der Waals surface area contributed by atoms with Gasteiger partial charge in [-0.1, -0.05) is 5.92 Å². The van der Waals surface area contributed by atoms with Gasteiger partial charge in [-0.15, -0.1) is 0 Å². The van der Waals surface area contributed by atoms with Crippen LogP contribution in [-0.2, 0) is 16.6 Å². The number of ether oxygens (including phenoxy) is 1. The van der Waals surface area contributed by atoms with Crippen LogP contribution < -0.4 is 0 Å². The molecule has 4 nitrogen and oxygen atoms in total. The fourth-order valence-electron chi connectivity index (χ4n) is 0.776. The minimum Gasteiger partial charge on any atom is -0.468 e. The van der Waals surface area contributed by atoms with Gasteiger partial charge in [0.05, 0.1) is 13.3 Å². The highest BCUT2D eigenvalue weighted by molar-refractivity contribution is 5.72. The molecule has 0 fully saturated rings. The molecular weight excluding hydrogens is 168 g/mol. The second-order valence-electron chi connectivity index (χ2n) is 2.39. The summed E-state index contributed by atoms with van der Waals surface area (Å²) in [6.07, 6.45) is 1.77. The van der Waals surface area contributed by atoms with Crippen molar-refractivity contribution in [3.8, 4) is 11.8 Å². The monoisotopic (exact) mass is 178 g/mol. The number of esters is 1. The molecule has 1 rings (SSSR count). The van der Waals surface area contributed by atoms with Crippen molar-refractivity contribution < 1.29 is 9.53 Å². The van der Waals surface area contributed by atoms with Gasteiger partial charge in [0.25, 0.3) is 0 Å². The number of hydrogen-bond acceptors (Lipinski definition) is 3. The maximum Gasteiger partial charge on any atom is 0.317 e. The fourth-order valence-corrected chi connectivity index (χ4v) is 0.776. The molecule has 0 aromatic carbocycles. The van der Waals surface area contributed by atoms with Crippen LogP contribution >= 0.6 is 0 Å². The van der Waals surface area contributed by atoms with Crippen molar-refractivity contribution >= 4 is 5.97 Å². The molecule has 1 aromatic rings. The van der Waals surface area contributed by atoms with Crippen molar-refractivity contribution in [1.82, 2.24) is 9.78 Å². The number of nitrogens with zero attached hydrogens (tertiary/aromatic N) is 2. The minimum atomic E-state index is -0.324. The zero-order chi connectivity index (χ0) is 9.68. The second kappa shape index (κ2) is 4.31. The predicted molar refractivity (Wildman–Crippen MR) is 46.7 cm³/mol. The standard InChI is InChI=1S/C9H10N2O2/c1-11-8(6-7-10-11)4-3-5-9(12)13-2/h6-7H,5H2,1-2H3. The van der Waals surface area contributed by atoms with Gasteiger partial charge in [0.2, 0.25) is 0 Å². The van der Waals surface area contributed by atoms with Crippen LogP contribution in [0.5, 0.6) is 0 Å². The first-order valence-corrected chi connectivity index (χ1v) is 3.77. The van der Waals surface area contributed by atoms with Crippen molar-refractivity contribution in [3.63, 3.8) is 0 Å². The summed E-state index contributed by atoms with van der Waals surface area (Å²) in [5, 5.41) is 3.93. The van der Waals surface area contributed by atoms with Crippen LogP contribution in [-0.4, -0.2) is 22.9 Å². The average Bonchev–Trinajstić information content (AvgIpc) is 2.52. The Balaban J connectivity index is 2.58. The van der Waals surface area contributed by atoms with E-state index in [0.29, 0.717) is 0 Å². The molecule has 1 aromatic heterocycles. The van der Waals surface area contributed by atoms with E-state index in [2.05, 4.69) is 21.7 Å². The molecule has 13 heavy (non-hydrogen) atoms. The molecule has 0 aliphatic carbocycles. The van der Waals surface area contributed by atoms with Crippen LogP contribution in [0.1, 0.15) is 12.1 Å². The summed E-state index contributed by atoms with van der Waals surface area (Å²) in [7, 11) is 3.14. The zero-order valence-corrected chi connectivity index (χ0v) is 7.57. The Morgan fingerprint density at radius 2 is 2.54 bits per heavy atom. The molecule has 0 atom stereocenters. The highest BCUT2D eigenvalue weighted by Crippen LogP contribution is 1.92. The Kier molecular flexibility index (Phi) is 3.09. The molecule has 1 heterocycles. The molecule has 0 amide bonds. The first-order chi connectivity index (χ1) is 6.24. The Labute approximate surface area is 76.5 Å². The molecule has 0 spiro atoms. The van der Waals surface area contributed by atoms with Crippen molar-refractivity contribution in [2.24, 2.45) is 7.05 Å². The fraction of sp³-hybridized carbons (Fsp3) is 0.333. The molecule has 0 radical (unpaired) electrons. The SMILES string of the molecule is COC(=O)CC#Cc1ccnn1C. The molecule has 0 bridgehead atoms. The Morgan fingerprint density at radius 1 is 1.77 bits per heavy atom. The van der Waals surface area contributed by atoms with Gasteiger partial charge in [-0.2, -0.15) is 5.10 Å². The van der Waals surface area contributed by atoms with E-state index < -0.39 is 0 Å². The summed E-state index contributed by atoms with van der Waals surface area (Å²) in [5.41, 5.74) is 0.781. The molecule has 0 saturated carbocycles. The van der Waals surface area contributed by atoms with Gasteiger partial charge in [0.15, 0.2) is 0 Å². The van der Waals surface area contributed by atoms with Gasteiger partial charge in [-0.25, -0.2) is 0 Å². The second-order valence-corrected chi connectivity index (χ2v) is 2.39. The van der Waals surface area contributed by atoms with Crippen molar-refractivity contribution in [3.05, 3.63) is 18.0 Å². The minimum absolute atomic E-state index is 0.113. The predicted octanol–water partition coefficient (Wildman–Crippen LogP) is 0.335. The van der Waals surface area contributed by atoms with E-state index >= 15 is 0 Å². The highest BCUT2D eigenvalue weighted by atomic mass is 16.5. The van der Waals surface area contributed by atoms with E-state index in [4.69, 9.17) is 0 Å². The van der Waals surface area contributed by atoms with Crippen LogP contribution in [0.4, 0.5) is 0 Å². The number of carbonyl (C=O) groups is 1. The van der Waals surface area contributed by atoms with Gasteiger partial charge in [0.1, 0.15) is 12.1 Å². The summed E-state index contributed by atoms with van der Waals surface area (Å²) < 4.78 is 6.08. The van der Waals surface area contributed by atoms with Crippen LogP contribution in [0.2, 0.25) is 0 Å². The van der Waals surface area contributed by atoms with Crippen molar-refractivity contribution in [1.29, 1.82) is 0 Å². The summed E-state index contributed by atoms with van der Waals surface area (Å²) in [6, 6.07) is 1.78. The smallest absolute Gasteiger partial charge is 0.317 e. The molecule has 0 saturated heterocycles. The Bertz CT molecular complexity index is 357. The lowest BCUT2D eigenvalue weighted by Crippen LogP contribution is -1.97. The topological polar surface area (TPSA) is 44.1 Å². The van der Waals surface area contributed by atoms with Crippen LogP contribution in [0, 0.1) is 11.8 Å². The average molecular weight is 178 g/mol. The van der Waals surface area contributed by atoms with E-state index in [9.17, 15) is 4.79 Å². The van der Waals surface area contributed by atoms with Gasteiger partial charge < -0.3 is 4.74 Å². The summed E-state index contributed by atoms with van der Waals surface area (Å²) in [6.45, 7) is 0. The van der Waals surface area contributed by atoms with E-state index in [1.165, 1.54) is 7.11 Å². The maximum absolute atomic E-state index is 10.7. The van der Waals surface area contributed by atoms with Crippen LogP contribution in [0.3, 0.4) is 0 Å². The lowest BCUT2D eigenvalue weighted by molar-refractivity contribution is -0.139.